The fourth-order valence-corrected chi connectivity index (χ4v) is 5.67. The van der Waals surface area contributed by atoms with E-state index < -0.39 is 5.91 Å². The maximum absolute atomic E-state index is 13.6. The number of fused-ring (bicyclic) bond motifs is 2. The number of hydrogen-bond donors (Lipinski definition) is 1. The third kappa shape index (κ3) is 4.76. The molecule has 0 bridgehead atoms. The van der Waals surface area contributed by atoms with Gasteiger partial charge in [-0.3, -0.25) is 24.1 Å². The normalized spacial score (nSPS) is 15.2. The van der Waals surface area contributed by atoms with Crippen molar-refractivity contribution in [2.24, 2.45) is 0 Å². The Hall–Kier alpha value is -3.55. The molecule has 7 heteroatoms. The standard InChI is InChI=1S/C29H26N2O4S/c1-18-6-8-19(9-7-18)29(35)30-26-20(16-21(32)17-31-12-14-36-15-13-31)10-11-24-25(26)28(34)23-5-3-2-4-22(23)27(24)33/h2-11H,12-17H2,1H3,(H,30,35). The Morgan fingerprint density at radius 1 is 0.861 bits per heavy atom. The molecule has 1 aliphatic heterocycles. The van der Waals surface area contributed by atoms with Crippen molar-refractivity contribution < 1.29 is 19.2 Å². The molecule has 0 saturated carbocycles. The average Bonchev–Trinajstić information content (AvgIpc) is 2.89. The largest absolute Gasteiger partial charge is 0.321 e. The summed E-state index contributed by atoms with van der Waals surface area (Å²) < 4.78 is 0. The van der Waals surface area contributed by atoms with Crippen LogP contribution in [-0.2, 0) is 11.2 Å². The first kappa shape index (κ1) is 24.2. The van der Waals surface area contributed by atoms with Crippen LogP contribution >= 0.6 is 11.8 Å². The van der Waals surface area contributed by atoms with Crippen LogP contribution in [0.15, 0.2) is 60.7 Å². The molecule has 6 nitrogen and oxygen atoms in total. The van der Waals surface area contributed by atoms with Crippen molar-refractivity contribution in [2.75, 3.05) is 36.5 Å². The molecular formula is C29H26N2O4S. The Morgan fingerprint density at radius 3 is 2.22 bits per heavy atom. The predicted octanol–water partition coefficient (Wildman–Crippen LogP) is 4.18. The van der Waals surface area contributed by atoms with E-state index in [4.69, 9.17) is 0 Å². The maximum Gasteiger partial charge on any atom is 0.255 e. The van der Waals surface area contributed by atoms with Gasteiger partial charge in [-0.15, -0.1) is 0 Å². The number of anilines is 1. The van der Waals surface area contributed by atoms with Gasteiger partial charge in [0.1, 0.15) is 0 Å². The van der Waals surface area contributed by atoms with Gasteiger partial charge in [-0.1, -0.05) is 48.0 Å². The van der Waals surface area contributed by atoms with Crippen LogP contribution in [0.2, 0.25) is 0 Å². The number of rotatable bonds is 6. The molecule has 1 fully saturated rings. The lowest BCUT2D eigenvalue weighted by Gasteiger charge is -2.26. The summed E-state index contributed by atoms with van der Waals surface area (Å²) in [6, 6.07) is 17.1. The van der Waals surface area contributed by atoms with Crippen LogP contribution in [0, 0.1) is 6.92 Å². The summed E-state index contributed by atoms with van der Waals surface area (Å²) >= 11 is 1.88. The first-order valence-electron chi connectivity index (χ1n) is 12.0. The van der Waals surface area contributed by atoms with Gasteiger partial charge in [0.25, 0.3) is 5.91 Å². The van der Waals surface area contributed by atoms with Gasteiger partial charge in [0.05, 0.1) is 17.8 Å². The number of nitrogens with zero attached hydrogens (tertiary/aromatic N) is 1. The molecule has 36 heavy (non-hydrogen) atoms. The summed E-state index contributed by atoms with van der Waals surface area (Å²) in [6.07, 6.45) is 0.0591. The maximum atomic E-state index is 13.6. The zero-order chi connectivity index (χ0) is 25.2. The second-order valence-corrected chi connectivity index (χ2v) is 10.4. The van der Waals surface area contributed by atoms with E-state index in [2.05, 4.69) is 10.2 Å². The van der Waals surface area contributed by atoms with Gasteiger partial charge < -0.3 is 5.32 Å². The highest BCUT2D eigenvalue weighted by Gasteiger charge is 2.33. The minimum absolute atomic E-state index is 0.00247. The molecule has 0 aromatic heterocycles. The Kier molecular flexibility index (Phi) is 6.85. The van der Waals surface area contributed by atoms with Crippen molar-refractivity contribution in [3.8, 4) is 0 Å². The Morgan fingerprint density at radius 2 is 1.53 bits per heavy atom. The number of benzene rings is 3. The number of thioether (sulfide) groups is 1. The minimum atomic E-state index is -0.399. The van der Waals surface area contributed by atoms with Gasteiger partial charge >= 0.3 is 0 Å². The van der Waals surface area contributed by atoms with Crippen molar-refractivity contribution >= 4 is 40.7 Å². The van der Waals surface area contributed by atoms with Crippen LogP contribution < -0.4 is 5.32 Å². The van der Waals surface area contributed by atoms with Crippen LogP contribution in [-0.4, -0.2) is 59.3 Å². The number of aryl methyl sites for hydroxylation is 1. The van der Waals surface area contributed by atoms with E-state index in [-0.39, 0.29) is 40.6 Å². The number of carbonyl (C=O) groups excluding carboxylic acids is 4. The zero-order valence-electron chi connectivity index (χ0n) is 20.0. The SMILES string of the molecule is Cc1ccc(C(=O)Nc2c(CC(=O)CN3CCSCC3)ccc3c2C(=O)c2ccccc2C3=O)cc1. The number of hydrogen-bond acceptors (Lipinski definition) is 6. The first-order chi connectivity index (χ1) is 17.4. The molecule has 2 aliphatic rings. The van der Waals surface area contributed by atoms with Gasteiger partial charge in [-0.05, 0) is 30.7 Å². The van der Waals surface area contributed by atoms with Gasteiger partial charge in [0.15, 0.2) is 17.3 Å². The van der Waals surface area contributed by atoms with Crippen molar-refractivity contribution in [2.45, 2.75) is 13.3 Å². The first-order valence-corrected chi connectivity index (χ1v) is 13.1. The summed E-state index contributed by atoms with van der Waals surface area (Å²) in [5.41, 5.74) is 3.26. The number of nitrogens with one attached hydrogen (secondary N) is 1. The van der Waals surface area contributed by atoms with Gasteiger partial charge in [0.2, 0.25) is 0 Å². The molecule has 5 rings (SSSR count). The Labute approximate surface area is 214 Å². The molecule has 182 valence electrons. The Bertz CT molecular complexity index is 1370. The predicted molar refractivity (Wildman–Crippen MR) is 141 cm³/mol. The summed E-state index contributed by atoms with van der Waals surface area (Å²) in [5, 5.41) is 2.88. The lowest BCUT2D eigenvalue weighted by Crippen LogP contribution is -2.37. The number of carbonyl (C=O) groups is 4. The van der Waals surface area contributed by atoms with Crippen molar-refractivity contribution in [1.29, 1.82) is 0 Å². The number of ketones is 3. The monoisotopic (exact) mass is 498 g/mol. The second kappa shape index (κ2) is 10.2. The van der Waals surface area contributed by atoms with Gasteiger partial charge in [-0.25, -0.2) is 0 Å². The zero-order valence-corrected chi connectivity index (χ0v) is 20.8. The van der Waals surface area contributed by atoms with E-state index in [9.17, 15) is 19.2 Å². The third-order valence-corrected chi connectivity index (χ3v) is 7.57. The highest BCUT2D eigenvalue weighted by molar-refractivity contribution is 7.99. The van der Waals surface area contributed by atoms with Crippen molar-refractivity contribution in [3.05, 3.63) is 99.6 Å². The fraction of sp³-hybridized carbons (Fsp3) is 0.241. The third-order valence-electron chi connectivity index (χ3n) is 6.62. The van der Waals surface area contributed by atoms with E-state index >= 15 is 0 Å². The smallest absolute Gasteiger partial charge is 0.255 e. The molecule has 3 aromatic carbocycles. The molecule has 1 heterocycles. The molecule has 0 atom stereocenters. The molecule has 1 amide bonds. The van der Waals surface area contributed by atoms with Gasteiger partial charge in [0, 0.05) is 53.3 Å². The fourth-order valence-electron chi connectivity index (χ4n) is 4.69. The molecule has 0 radical (unpaired) electrons. The molecule has 1 N–H and O–H groups in total. The van der Waals surface area contributed by atoms with Crippen LogP contribution in [0.5, 0.6) is 0 Å². The molecule has 1 aliphatic carbocycles. The lowest BCUT2D eigenvalue weighted by atomic mass is 9.81. The highest BCUT2D eigenvalue weighted by Crippen LogP contribution is 2.35. The van der Waals surface area contributed by atoms with Crippen LogP contribution in [0.3, 0.4) is 0 Å². The lowest BCUT2D eigenvalue weighted by molar-refractivity contribution is -0.119. The van der Waals surface area contributed by atoms with E-state index in [0.29, 0.717) is 28.8 Å². The topological polar surface area (TPSA) is 83.6 Å². The quantitative estimate of drug-likeness (QED) is 0.429. The number of Topliss-reactive ketones (excluding diaryl/α,β-unsaturated/α-hetero) is 1. The summed E-state index contributed by atoms with van der Waals surface area (Å²) in [4.78, 5) is 55.2. The van der Waals surface area contributed by atoms with Crippen LogP contribution in [0.1, 0.15) is 53.3 Å². The minimum Gasteiger partial charge on any atom is -0.321 e. The molecule has 0 spiro atoms. The second-order valence-electron chi connectivity index (χ2n) is 9.15. The average molecular weight is 499 g/mol. The summed E-state index contributed by atoms with van der Waals surface area (Å²) in [6.45, 7) is 3.98. The molecule has 0 unspecified atom stereocenters. The van der Waals surface area contributed by atoms with Crippen molar-refractivity contribution in [1.82, 2.24) is 4.90 Å². The number of amides is 1. The van der Waals surface area contributed by atoms with Crippen molar-refractivity contribution in [3.63, 3.8) is 0 Å². The Balaban J connectivity index is 1.53. The van der Waals surface area contributed by atoms with E-state index in [1.165, 1.54) is 0 Å². The van der Waals surface area contributed by atoms with Crippen LogP contribution in [0.25, 0.3) is 0 Å². The van der Waals surface area contributed by atoms with Gasteiger partial charge in [-0.2, -0.15) is 11.8 Å². The van der Waals surface area contributed by atoms with E-state index in [1.54, 1.807) is 48.5 Å². The molecule has 1 saturated heterocycles. The summed E-state index contributed by atoms with van der Waals surface area (Å²) in [7, 11) is 0. The van der Waals surface area contributed by atoms with E-state index in [0.717, 1.165) is 30.2 Å². The molecular weight excluding hydrogens is 472 g/mol. The highest BCUT2D eigenvalue weighted by atomic mass is 32.2. The molecule has 3 aromatic rings. The van der Waals surface area contributed by atoms with E-state index in [1.807, 2.05) is 30.8 Å². The summed E-state index contributed by atoms with van der Waals surface area (Å²) in [5.74, 6) is 1.00. The van der Waals surface area contributed by atoms with Crippen LogP contribution in [0.4, 0.5) is 5.69 Å².